The molecule has 5 nitrogen and oxygen atoms in total. The average molecular weight is 191 g/mol. The maximum absolute atomic E-state index is 10.1. The van der Waals surface area contributed by atoms with Crippen LogP contribution in [0.15, 0.2) is 4.36 Å². The first kappa shape index (κ1) is 8.67. The van der Waals surface area contributed by atoms with Crippen LogP contribution in [0.25, 0.3) is 0 Å². The van der Waals surface area contributed by atoms with Gasteiger partial charge in [0.2, 0.25) is 0 Å². The van der Waals surface area contributed by atoms with Gasteiger partial charge in [-0.25, -0.2) is 4.79 Å². The number of rotatable bonds is 0. The van der Waals surface area contributed by atoms with Crippen LogP contribution in [0, 0.1) is 0 Å². The number of nitrogens with zero attached hydrogens (tertiary/aromatic N) is 2. The van der Waals surface area contributed by atoms with Crippen molar-refractivity contribution in [3.63, 3.8) is 0 Å². The van der Waals surface area contributed by atoms with Gasteiger partial charge in [0.05, 0.1) is 0 Å². The molecule has 0 fully saturated rings. The number of carbonyl (C=O) groups is 1. The van der Waals surface area contributed by atoms with Crippen molar-refractivity contribution in [3.8, 4) is 0 Å². The third-order valence-corrected chi connectivity index (χ3v) is 0.892. The Bertz CT molecular complexity index is 222. The van der Waals surface area contributed by atoms with Gasteiger partial charge in [-0.05, 0) is 0 Å². The van der Waals surface area contributed by atoms with Crippen LogP contribution in [0.2, 0.25) is 0 Å². The van der Waals surface area contributed by atoms with Crippen LogP contribution in [0.1, 0.15) is 0 Å². The van der Waals surface area contributed by atoms with Crippen LogP contribution in [0.5, 0.6) is 0 Å². The Morgan fingerprint density at radius 3 is 2.00 bits per heavy atom. The summed E-state index contributed by atoms with van der Waals surface area (Å²) in [6.07, 6.45) is 0. The van der Waals surface area contributed by atoms with Crippen molar-refractivity contribution in [3.05, 3.63) is 0 Å². The molecule has 0 atom stereocenters. The molecule has 0 aliphatic rings. The summed E-state index contributed by atoms with van der Waals surface area (Å²) >= 11 is 9.51. The summed E-state index contributed by atoms with van der Waals surface area (Å²) < 4.78 is 21.6. The van der Waals surface area contributed by atoms with E-state index in [1.807, 2.05) is 0 Å². The fourth-order valence-corrected chi connectivity index (χ4v) is 0.469. The highest BCUT2D eigenvalue weighted by atomic mass is 35.5. The Balaban J connectivity index is 4.28. The topological polar surface area (TPSA) is 66.8 Å². The van der Waals surface area contributed by atoms with E-state index in [2.05, 4.69) is 4.36 Å². The maximum Gasteiger partial charge on any atom is 0.388 e. The second-order valence-corrected chi connectivity index (χ2v) is 2.29. The van der Waals surface area contributed by atoms with Crippen molar-refractivity contribution in [2.24, 2.45) is 4.36 Å². The average Bonchev–Trinajstić information content (AvgIpc) is 1.63. The number of amides is 2. The van der Waals surface area contributed by atoms with Crippen LogP contribution in [0.4, 0.5) is 4.79 Å². The highest BCUT2D eigenvalue weighted by Gasteiger charge is 2.04. The molecule has 9 heavy (non-hydrogen) atoms. The van der Waals surface area contributed by atoms with E-state index < -0.39 is 16.5 Å². The molecular formula is CCl2N2O3S. The summed E-state index contributed by atoms with van der Waals surface area (Å²) in [7, 11) is -2.80. The summed E-state index contributed by atoms with van der Waals surface area (Å²) in [5.41, 5.74) is 0. The molecule has 0 heterocycles. The van der Waals surface area contributed by atoms with Gasteiger partial charge in [-0.15, -0.1) is 3.94 Å². The zero-order chi connectivity index (χ0) is 7.44. The first-order valence-corrected chi connectivity index (χ1v) is 3.21. The summed E-state index contributed by atoms with van der Waals surface area (Å²) in [5.74, 6) is 0. The summed E-state index contributed by atoms with van der Waals surface area (Å²) in [6.45, 7) is 0. The zero-order valence-corrected chi connectivity index (χ0v) is 6.11. The van der Waals surface area contributed by atoms with Gasteiger partial charge in [0.25, 0.3) is 0 Å². The van der Waals surface area contributed by atoms with Gasteiger partial charge in [0.15, 0.2) is 0 Å². The predicted molar refractivity (Wildman–Crippen MR) is 30.3 cm³/mol. The number of hydrogen-bond donors (Lipinski definition) is 0. The monoisotopic (exact) mass is 190 g/mol. The van der Waals surface area contributed by atoms with Crippen molar-refractivity contribution in [2.75, 3.05) is 0 Å². The van der Waals surface area contributed by atoms with Crippen LogP contribution in [-0.4, -0.2) is 18.4 Å². The third kappa shape index (κ3) is 4.19. The number of urea groups is 1. The second-order valence-electron chi connectivity index (χ2n) is 0.824. The van der Waals surface area contributed by atoms with Crippen LogP contribution >= 0.6 is 23.6 Å². The Kier molecular flexibility index (Phi) is 3.52. The van der Waals surface area contributed by atoms with Crippen molar-refractivity contribution in [2.45, 2.75) is 0 Å². The van der Waals surface area contributed by atoms with E-state index in [0.29, 0.717) is 0 Å². The largest absolute Gasteiger partial charge is 0.388 e. The Morgan fingerprint density at radius 2 is 1.89 bits per heavy atom. The van der Waals surface area contributed by atoms with Crippen molar-refractivity contribution in [1.82, 2.24) is 3.94 Å². The summed E-state index contributed by atoms with van der Waals surface area (Å²) in [6, 6.07) is -1.24. The lowest BCUT2D eigenvalue weighted by atomic mass is 11.2. The lowest BCUT2D eigenvalue weighted by Gasteiger charge is -1.91. The Morgan fingerprint density at radius 1 is 1.44 bits per heavy atom. The minimum atomic E-state index is -2.80. The van der Waals surface area contributed by atoms with Gasteiger partial charge in [-0.2, -0.15) is 8.42 Å². The van der Waals surface area contributed by atoms with Crippen molar-refractivity contribution < 1.29 is 13.2 Å². The van der Waals surface area contributed by atoms with E-state index >= 15 is 0 Å². The number of halogens is 2. The molecule has 2 amide bonds. The molecule has 0 unspecified atom stereocenters. The lowest BCUT2D eigenvalue weighted by Crippen LogP contribution is -2.03. The molecule has 0 aromatic heterocycles. The highest BCUT2D eigenvalue weighted by molar-refractivity contribution is 7.62. The molecular weight excluding hydrogens is 191 g/mol. The van der Waals surface area contributed by atoms with E-state index in [9.17, 15) is 13.2 Å². The minimum absolute atomic E-state index is 0.00972. The SMILES string of the molecule is O=C(N=S(=O)=O)N(Cl)Cl. The van der Waals surface area contributed by atoms with Crippen LogP contribution in [0.3, 0.4) is 0 Å². The van der Waals surface area contributed by atoms with E-state index in [-0.39, 0.29) is 3.94 Å². The fraction of sp³-hybridized carbons (Fsp3) is 0. The number of hydrogen-bond acceptors (Lipinski definition) is 3. The van der Waals surface area contributed by atoms with Crippen LogP contribution < -0.4 is 0 Å². The van der Waals surface area contributed by atoms with E-state index in [1.54, 1.807) is 0 Å². The normalized spacial score (nSPS) is 8.22. The zero-order valence-electron chi connectivity index (χ0n) is 3.78. The minimum Gasteiger partial charge on any atom is -0.242 e. The summed E-state index contributed by atoms with van der Waals surface area (Å²) in [5, 5.41) is 0. The molecule has 0 saturated carbocycles. The van der Waals surface area contributed by atoms with Crippen molar-refractivity contribution in [1.29, 1.82) is 0 Å². The second kappa shape index (κ2) is 3.65. The molecule has 0 rings (SSSR count). The lowest BCUT2D eigenvalue weighted by molar-refractivity contribution is 0.246. The van der Waals surface area contributed by atoms with Gasteiger partial charge in [-0.1, -0.05) is 4.36 Å². The maximum atomic E-state index is 10.1. The smallest absolute Gasteiger partial charge is 0.242 e. The van der Waals surface area contributed by atoms with Crippen molar-refractivity contribution >= 4 is 40.1 Å². The molecule has 0 aromatic rings. The Hall–Kier alpha value is -0.330. The van der Waals surface area contributed by atoms with E-state index in [4.69, 9.17) is 23.6 Å². The van der Waals surface area contributed by atoms with Gasteiger partial charge in [-0.3, -0.25) is 0 Å². The first-order valence-electron chi connectivity index (χ1n) is 1.51. The predicted octanol–water partition coefficient (Wildman–Crippen LogP) is 0.779. The van der Waals surface area contributed by atoms with Gasteiger partial charge >= 0.3 is 16.5 Å². The van der Waals surface area contributed by atoms with Gasteiger partial charge in [0, 0.05) is 23.6 Å². The van der Waals surface area contributed by atoms with Crippen LogP contribution in [-0.2, 0) is 10.5 Å². The summed E-state index contributed by atoms with van der Waals surface area (Å²) in [4.78, 5) is 10.1. The standard InChI is InChI=1S/CCl2N2O3S/c2-5(3)1(6)4-9(7)8. The molecule has 0 spiro atoms. The molecule has 0 bridgehead atoms. The quantitative estimate of drug-likeness (QED) is 0.531. The molecule has 8 heteroatoms. The molecule has 52 valence electrons. The first-order chi connectivity index (χ1) is 4.04. The van der Waals surface area contributed by atoms with Gasteiger partial charge < -0.3 is 0 Å². The molecule has 0 radical (unpaired) electrons. The number of carbonyl (C=O) groups excluding carboxylic acids is 1. The molecule has 0 aliphatic carbocycles. The Labute approximate surface area is 62.1 Å². The van der Waals surface area contributed by atoms with Gasteiger partial charge in [0.1, 0.15) is 0 Å². The highest BCUT2D eigenvalue weighted by Crippen LogP contribution is 2.00. The molecule has 0 aliphatic heterocycles. The van der Waals surface area contributed by atoms with E-state index in [1.165, 1.54) is 0 Å². The fourth-order valence-electron chi connectivity index (χ4n) is 0.0946. The molecule has 0 saturated heterocycles. The molecule has 0 aromatic carbocycles. The third-order valence-electron chi connectivity index (χ3n) is 0.297. The molecule has 0 N–H and O–H groups in total. The van der Waals surface area contributed by atoms with E-state index in [0.717, 1.165) is 0 Å².